The van der Waals surface area contributed by atoms with Gasteiger partial charge in [0.2, 0.25) is 5.95 Å². The summed E-state index contributed by atoms with van der Waals surface area (Å²) in [4.78, 5) is 35.6. The van der Waals surface area contributed by atoms with Crippen molar-refractivity contribution in [2.24, 2.45) is 11.3 Å². The molecule has 0 saturated heterocycles. The number of H-pyrrole nitrogens is 1. The average Bonchev–Trinajstić information content (AvgIpc) is 3.43. The lowest BCUT2D eigenvalue weighted by molar-refractivity contribution is -0.150. The van der Waals surface area contributed by atoms with Gasteiger partial charge in [0.1, 0.15) is 18.1 Å². The highest BCUT2D eigenvalue weighted by Gasteiger charge is 2.51. The molecule has 1 saturated carbocycles. The van der Waals surface area contributed by atoms with Gasteiger partial charge in [0.05, 0.1) is 19.3 Å². The molecule has 1 unspecified atom stereocenters. The second kappa shape index (κ2) is 11.9. The number of benzene rings is 1. The molecule has 0 spiro atoms. The highest BCUT2D eigenvalue weighted by atomic mass is 31.2. The lowest BCUT2D eigenvalue weighted by Gasteiger charge is -2.27. The number of hydrogen-bond acceptors (Lipinski definition) is 10. The van der Waals surface area contributed by atoms with Gasteiger partial charge in [-0.15, -0.1) is 0 Å². The molecule has 0 bridgehead atoms. The highest BCUT2D eigenvalue weighted by Crippen LogP contribution is 2.56. The summed E-state index contributed by atoms with van der Waals surface area (Å²) < 4.78 is 32.7. The standard InChI is InChI=1S/C26H35N6O7P/c1-16(2)10-20(24(35)38-17(3)4)31-40(36,39-19-8-6-5-7-9-19)37-14-26(13-33)11-18(26)12-32-15-28-21-22(32)29-25(27)30-23(21)34/h5-9,12,15-17,20,33H,10-11,13-14H2,1-4H3,(H,31,36)(H3,27,29,30,34)/b18-12-/t20-,26-,40?/m0/s1. The molecule has 3 atom stereocenters. The number of anilines is 1. The second-order valence-corrected chi connectivity index (χ2v) is 12.2. The normalized spacial score (nSPS) is 20.1. The van der Waals surface area contributed by atoms with Crippen LogP contribution < -0.4 is 20.9 Å². The maximum atomic E-state index is 14.1. The largest absolute Gasteiger partial charge is 0.462 e. The number of carbonyl (C=O) groups excluding carboxylic acids is 1. The molecule has 1 aliphatic rings. The Morgan fingerprint density at radius 3 is 2.67 bits per heavy atom. The molecule has 5 N–H and O–H groups in total. The quantitative estimate of drug-likeness (QED) is 0.174. The zero-order valence-corrected chi connectivity index (χ0v) is 23.8. The summed E-state index contributed by atoms with van der Waals surface area (Å²) in [6.45, 7) is 6.84. The van der Waals surface area contributed by atoms with Crippen molar-refractivity contribution in [2.75, 3.05) is 18.9 Å². The van der Waals surface area contributed by atoms with E-state index in [1.54, 1.807) is 50.4 Å². The molecule has 40 heavy (non-hydrogen) atoms. The van der Waals surface area contributed by atoms with Gasteiger partial charge in [0.15, 0.2) is 11.2 Å². The number of hydrogen-bond donors (Lipinski definition) is 4. The fraction of sp³-hybridized carbons (Fsp3) is 0.462. The monoisotopic (exact) mass is 574 g/mol. The van der Waals surface area contributed by atoms with Gasteiger partial charge in [0.25, 0.3) is 5.56 Å². The van der Waals surface area contributed by atoms with Crippen LogP contribution in [-0.2, 0) is 18.6 Å². The third-order valence-electron chi connectivity index (χ3n) is 6.27. The van der Waals surface area contributed by atoms with Crippen molar-refractivity contribution in [1.82, 2.24) is 24.6 Å². The lowest BCUT2D eigenvalue weighted by Crippen LogP contribution is -2.40. The van der Waals surface area contributed by atoms with Crippen LogP contribution in [-0.4, -0.2) is 56.0 Å². The maximum Gasteiger partial charge on any atom is 0.459 e. The Balaban J connectivity index is 1.58. The fourth-order valence-electron chi connectivity index (χ4n) is 4.15. The molecule has 2 aromatic heterocycles. The van der Waals surface area contributed by atoms with E-state index in [1.807, 2.05) is 13.8 Å². The Morgan fingerprint density at radius 2 is 2.02 bits per heavy atom. The number of aliphatic hydroxyl groups excluding tert-OH is 1. The van der Waals surface area contributed by atoms with Crippen LogP contribution in [0.3, 0.4) is 0 Å². The molecule has 13 nitrogen and oxygen atoms in total. The molecule has 0 amide bonds. The van der Waals surface area contributed by atoms with Crippen molar-refractivity contribution in [2.45, 2.75) is 52.7 Å². The molecule has 2 heterocycles. The Hall–Kier alpha value is -3.51. The van der Waals surface area contributed by atoms with E-state index in [4.69, 9.17) is 19.5 Å². The Kier molecular flexibility index (Phi) is 8.79. The van der Waals surface area contributed by atoms with E-state index in [2.05, 4.69) is 20.0 Å². The number of esters is 1. The summed E-state index contributed by atoms with van der Waals surface area (Å²) in [7, 11) is -4.15. The number of aromatic amines is 1. The Bertz CT molecular complexity index is 1490. The molecule has 3 aromatic rings. The van der Waals surface area contributed by atoms with Gasteiger partial charge in [-0.2, -0.15) is 10.1 Å². The van der Waals surface area contributed by atoms with Gasteiger partial charge in [-0.1, -0.05) is 32.0 Å². The van der Waals surface area contributed by atoms with Gasteiger partial charge in [0, 0.05) is 11.6 Å². The van der Waals surface area contributed by atoms with Crippen LogP contribution in [0.4, 0.5) is 5.95 Å². The van der Waals surface area contributed by atoms with E-state index in [-0.39, 0.29) is 48.1 Å². The van der Waals surface area contributed by atoms with E-state index in [1.165, 1.54) is 10.9 Å². The highest BCUT2D eigenvalue weighted by molar-refractivity contribution is 7.52. The molecular formula is C26H35N6O7P. The Morgan fingerprint density at radius 1 is 1.30 bits per heavy atom. The number of rotatable bonds is 13. The Labute approximate surface area is 231 Å². The van der Waals surface area contributed by atoms with Crippen LogP contribution in [0.1, 0.15) is 40.5 Å². The van der Waals surface area contributed by atoms with Crippen molar-refractivity contribution in [3.05, 3.63) is 52.6 Å². The third-order valence-corrected chi connectivity index (χ3v) is 7.82. The first-order valence-corrected chi connectivity index (χ1v) is 14.5. The van der Waals surface area contributed by atoms with E-state index in [0.29, 0.717) is 12.8 Å². The van der Waals surface area contributed by atoms with Crippen molar-refractivity contribution in [3.8, 4) is 5.75 Å². The summed E-state index contributed by atoms with van der Waals surface area (Å²) in [5.74, 6) is -0.268. The summed E-state index contributed by atoms with van der Waals surface area (Å²) in [6.07, 6.45) is 3.48. The van der Waals surface area contributed by atoms with Crippen LogP contribution in [0.2, 0.25) is 0 Å². The molecule has 0 aliphatic heterocycles. The van der Waals surface area contributed by atoms with Gasteiger partial charge in [-0.3, -0.25) is 23.7 Å². The number of para-hydroxylation sites is 1. The number of nitrogens with zero attached hydrogens (tertiary/aromatic N) is 3. The van der Waals surface area contributed by atoms with Crippen LogP contribution in [0.15, 0.2) is 47.0 Å². The zero-order chi connectivity index (χ0) is 29.1. The van der Waals surface area contributed by atoms with Gasteiger partial charge >= 0.3 is 13.7 Å². The maximum absolute atomic E-state index is 14.1. The van der Waals surface area contributed by atoms with Crippen LogP contribution in [0, 0.1) is 11.3 Å². The molecular weight excluding hydrogens is 539 g/mol. The summed E-state index contributed by atoms with van der Waals surface area (Å²) >= 11 is 0. The van der Waals surface area contributed by atoms with Crippen LogP contribution in [0.25, 0.3) is 17.4 Å². The number of nitrogens with one attached hydrogen (secondary N) is 2. The molecule has 1 fully saturated rings. The van der Waals surface area contributed by atoms with Gasteiger partial charge in [-0.25, -0.2) is 9.55 Å². The number of imidazole rings is 1. The van der Waals surface area contributed by atoms with Crippen LogP contribution >= 0.6 is 7.75 Å². The van der Waals surface area contributed by atoms with Crippen molar-refractivity contribution < 1.29 is 28.3 Å². The van der Waals surface area contributed by atoms with Crippen molar-refractivity contribution in [1.29, 1.82) is 0 Å². The molecule has 1 aliphatic carbocycles. The average molecular weight is 575 g/mol. The minimum absolute atomic E-state index is 0.0535. The van der Waals surface area contributed by atoms with E-state index >= 15 is 0 Å². The molecule has 14 heteroatoms. The number of nitrogens with two attached hydrogens (primary N) is 1. The minimum Gasteiger partial charge on any atom is -0.462 e. The van der Waals surface area contributed by atoms with E-state index in [9.17, 15) is 19.3 Å². The van der Waals surface area contributed by atoms with E-state index < -0.39 is 30.7 Å². The summed E-state index contributed by atoms with van der Waals surface area (Å²) in [6, 6.07) is 7.51. The summed E-state index contributed by atoms with van der Waals surface area (Å²) in [5, 5.41) is 13.1. The van der Waals surface area contributed by atoms with Crippen LogP contribution in [0.5, 0.6) is 5.75 Å². The number of carbonyl (C=O) groups is 1. The first-order valence-electron chi connectivity index (χ1n) is 13.0. The number of aromatic nitrogens is 4. The predicted molar refractivity (Wildman–Crippen MR) is 149 cm³/mol. The minimum atomic E-state index is -4.15. The first kappa shape index (κ1) is 29.5. The van der Waals surface area contributed by atoms with Gasteiger partial charge < -0.3 is 20.1 Å². The molecule has 216 valence electrons. The SMILES string of the molecule is CC(C)C[C@H](NP(=O)(OC[C@@]1(CO)C/C1=C/n1cnc2c(=O)[nH]c(N)nc21)Oc1ccccc1)C(=O)OC(C)C. The summed E-state index contributed by atoms with van der Waals surface area (Å²) in [5.41, 5.74) is 5.47. The zero-order valence-electron chi connectivity index (χ0n) is 22.9. The fourth-order valence-corrected chi connectivity index (χ4v) is 5.74. The second-order valence-electron chi connectivity index (χ2n) is 10.5. The smallest absolute Gasteiger partial charge is 0.459 e. The van der Waals surface area contributed by atoms with Gasteiger partial charge in [-0.05, 0) is 50.3 Å². The van der Waals surface area contributed by atoms with Crippen molar-refractivity contribution >= 4 is 37.0 Å². The topological polar surface area (TPSA) is 184 Å². The lowest BCUT2D eigenvalue weighted by atomic mass is 10.0. The third kappa shape index (κ3) is 6.97. The molecule has 1 aromatic carbocycles. The molecule has 4 rings (SSSR count). The first-order chi connectivity index (χ1) is 18.9. The predicted octanol–water partition coefficient (Wildman–Crippen LogP) is 3.08. The number of ether oxygens (including phenoxy) is 1. The number of aliphatic hydroxyl groups is 1. The van der Waals surface area contributed by atoms with Crippen molar-refractivity contribution in [3.63, 3.8) is 0 Å². The number of fused-ring (bicyclic) bond motifs is 1. The van der Waals surface area contributed by atoms with E-state index in [0.717, 1.165) is 5.57 Å². The molecule has 0 radical (unpaired) electrons. The number of nitrogen functional groups attached to an aromatic ring is 1.